The first-order valence-corrected chi connectivity index (χ1v) is 3.57. The molecule has 2 heteroatoms. The summed E-state index contributed by atoms with van der Waals surface area (Å²) in [6.07, 6.45) is 3.92. The second kappa shape index (κ2) is 3.19. The van der Waals surface area contributed by atoms with Crippen LogP contribution in [0.3, 0.4) is 0 Å². The topological polar surface area (TPSA) is 28.1 Å². The molecule has 2 nitrogen and oxygen atoms in total. The number of H-pyrrole nitrogens is 1. The summed E-state index contributed by atoms with van der Waals surface area (Å²) in [5.74, 6) is 0.848. The smallest absolute Gasteiger partial charge is 0.136 e. The highest BCUT2D eigenvalue weighted by Crippen LogP contribution is 2.23. The molecular formula is C9H12N2. The maximum atomic E-state index is 3.85. The van der Waals surface area contributed by atoms with Crippen molar-refractivity contribution in [2.45, 2.75) is 13.8 Å². The summed E-state index contributed by atoms with van der Waals surface area (Å²) in [5.41, 5.74) is 2.34. The average molecular weight is 148 g/mol. The number of aromatic amines is 1. The van der Waals surface area contributed by atoms with E-state index in [1.807, 2.05) is 19.2 Å². The van der Waals surface area contributed by atoms with Crippen LogP contribution in [0.4, 0.5) is 5.82 Å². The predicted molar refractivity (Wildman–Crippen MR) is 49.3 cm³/mol. The van der Waals surface area contributed by atoms with Crippen molar-refractivity contribution in [1.29, 1.82) is 0 Å². The van der Waals surface area contributed by atoms with E-state index in [0.717, 1.165) is 11.4 Å². The van der Waals surface area contributed by atoms with Crippen LogP contribution in [0.15, 0.2) is 23.3 Å². The fourth-order valence-corrected chi connectivity index (χ4v) is 0.965. The third-order valence-electron chi connectivity index (χ3n) is 1.74. The van der Waals surface area contributed by atoms with E-state index in [1.54, 1.807) is 0 Å². The molecule has 0 spiro atoms. The van der Waals surface area contributed by atoms with Gasteiger partial charge in [-0.25, -0.2) is 4.99 Å². The van der Waals surface area contributed by atoms with Crippen LogP contribution in [0.25, 0.3) is 5.57 Å². The molecule has 0 aliphatic rings. The molecule has 1 heterocycles. The Morgan fingerprint density at radius 3 is 3.00 bits per heavy atom. The fraction of sp³-hybridized carbons (Fsp3) is 0.222. The number of hydrogen-bond acceptors (Lipinski definition) is 1. The highest BCUT2D eigenvalue weighted by molar-refractivity contribution is 5.72. The Morgan fingerprint density at radius 1 is 1.73 bits per heavy atom. The summed E-state index contributed by atoms with van der Waals surface area (Å²) in [4.78, 5) is 6.85. The maximum Gasteiger partial charge on any atom is 0.136 e. The number of hydrogen-bond donors (Lipinski definition) is 1. The van der Waals surface area contributed by atoms with E-state index < -0.39 is 0 Å². The molecule has 0 saturated carbocycles. The Labute approximate surface area is 66.7 Å². The number of aliphatic imine (C=N–C) groups is 1. The van der Waals surface area contributed by atoms with Crippen molar-refractivity contribution >= 4 is 18.1 Å². The van der Waals surface area contributed by atoms with Crippen LogP contribution in [0.2, 0.25) is 0 Å². The molecule has 0 aliphatic carbocycles. The quantitative estimate of drug-likeness (QED) is 0.625. The minimum atomic E-state index is 0.848. The summed E-state index contributed by atoms with van der Waals surface area (Å²) in [6.45, 7) is 7.53. The molecule has 0 aliphatic heterocycles. The Bertz CT molecular complexity index is 282. The lowest BCUT2D eigenvalue weighted by Crippen LogP contribution is -1.73. The molecule has 0 saturated heterocycles. The summed E-state index contributed by atoms with van der Waals surface area (Å²) < 4.78 is 0. The maximum absolute atomic E-state index is 3.85. The molecule has 0 aromatic carbocycles. The number of aromatic nitrogens is 1. The first kappa shape index (κ1) is 7.79. The van der Waals surface area contributed by atoms with Crippen molar-refractivity contribution in [1.82, 2.24) is 4.98 Å². The molecule has 0 bridgehead atoms. The van der Waals surface area contributed by atoms with Crippen molar-refractivity contribution in [3.8, 4) is 0 Å². The van der Waals surface area contributed by atoms with Gasteiger partial charge in [0, 0.05) is 11.8 Å². The monoisotopic (exact) mass is 148 g/mol. The van der Waals surface area contributed by atoms with Gasteiger partial charge in [0.1, 0.15) is 5.82 Å². The summed E-state index contributed by atoms with van der Waals surface area (Å²) in [7, 11) is 0. The van der Waals surface area contributed by atoms with Gasteiger partial charge in [0.25, 0.3) is 0 Å². The highest BCUT2D eigenvalue weighted by Gasteiger charge is 2.00. The largest absolute Gasteiger partial charge is 0.346 e. The highest BCUT2D eigenvalue weighted by atomic mass is 14.9. The van der Waals surface area contributed by atoms with Gasteiger partial charge in [-0.1, -0.05) is 6.08 Å². The zero-order valence-electron chi connectivity index (χ0n) is 6.89. The second-order valence-electron chi connectivity index (χ2n) is 2.37. The van der Waals surface area contributed by atoms with Gasteiger partial charge in [-0.3, -0.25) is 0 Å². The van der Waals surface area contributed by atoms with Crippen LogP contribution < -0.4 is 0 Å². The predicted octanol–water partition coefficient (Wildman–Crippen LogP) is 2.77. The second-order valence-corrected chi connectivity index (χ2v) is 2.37. The van der Waals surface area contributed by atoms with E-state index in [0.29, 0.717) is 0 Å². The van der Waals surface area contributed by atoms with Crippen LogP contribution in [-0.2, 0) is 0 Å². The molecule has 0 amide bonds. The summed E-state index contributed by atoms with van der Waals surface area (Å²) >= 11 is 0. The first-order valence-electron chi connectivity index (χ1n) is 3.57. The van der Waals surface area contributed by atoms with Gasteiger partial charge < -0.3 is 4.98 Å². The van der Waals surface area contributed by atoms with Crippen molar-refractivity contribution in [2.75, 3.05) is 0 Å². The van der Waals surface area contributed by atoms with Gasteiger partial charge in [-0.15, -0.1) is 0 Å². The Balaban J connectivity index is 3.12. The van der Waals surface area contributed by atoms with E-state index in [9.17, 15) is 0 Å². The van der Waals surface area contributed by atoms with Crippen LogP contribution >= 0.6 is 0 Å². The van der Waals surface area contributed by atoms with Crippen molar-refractivity contribution in [3.63, 3.8) is 0 Å². The molecule has 1 rings (SSSR count). The molecule has 0 atom stereocenters. The van der Waals surface area contributed by atoms with Gasteiger partial charge >= 0.3 is 0 Å². The van der Waals surface area contributed by atoms with Crippen molar-refractivity contribution in [2.24, 2.45) is 4.99 Å². The summed E-state index contributed by atoms with van der Waals surface area (Å²) in [6, 6.07) is 2.00. The van der Waals surface area contributed by atoms with E-state index >= 15 is 0 Å². The molecule has 11 heavy (non-hydrogen) atoms. The molecule has 1 aromatic rings. The zero-order valence-corrected chi connectivity index (χ0v) is 6.89. The normalized spacial score (nSPS) is 11.6. The van der Waals surface area contributed by atoms with Crippen LogP contribution in [-0.4, -0.2) is 11.7 Å². The molecular weight excluding hydrogens is 136 g/mol. The lowest BCUT2D eigenvalue weighted by Gasteiger charge is -1.96. The average Bonchev–Trinajstić information content (AvgIpc) is 2.50. The van der Waals surface area contributed by atoms with E-state index in [-0.39, 0.29) is 0 Å². The van der Waals surface area contributed by atoms with Gasteiger partial charge in [0.2, 0.25) is 0 Å². The van der Waals surface area contributed by atoms with E-state index in [1.165, 1.54) is 5.57 Å². The molecule has 1 N–H and O–H groups in total. The Kier molecular flexibility index (Phi) is 2.26. The lowest BCUT2D eigenvalue weighted by atomic mass is 10.1. The number of nitrogens with one attached hydrogen (secondary N) is 1. The third kappa shape index (κ3) is 1.40. The van der Waals surface area contributed by atoms with Gasteiger partial charge in [-0.2, -0.15) is 0 Å². The SMILES string of the molecule is C=Nc1[nH]ccc1/C(C)=C\C. The lowest BCUT2D eigenvalue weighted by molar-refractivity contribution is 1.34. The molecule has 58 valence electrons. The minimum Gasteiger partial charge on any atom is -0.346 e. The van der Waals surface area contributed by atoms with Crippen LogP contribution in [0.5, 0.6) is 0 Å². The van der Waals surface area contributed by atoms with Gasteiger partial charge in [0.15, 0.2) is 0 Å². The minimum absolute atomic E-state index is 0.848. The van der Waals surface area contributed by atoms with Gasteiger partial charge in [-0.05, 0) is 32.2 Å². The number of nitrogens with zero attached hydrogens (tertiary/aromatic N) is 1. The Morgan fingerprint density at radius 2 is 2.45 bits per heavy atom. The van der Waals surface area contributed by atoms with Crippen molar-refractivity contribution < 1.29 is 0 Å². The molecule has 0 radical (unpaired) electrons. The number of allylic oxidation sites excluding steroid dienone is 2. The van der Waals surface area contributed by atoms with Crippen molar-refractivity contribution in [3.05, 3.63) is 23.9 Å². The van der Waals surface area contributed by atoms with E-state index in [4.69, 9.17) is 0 Å². The zero-order chi connectivity index (χ0) is 8.27. The van der Waals surface area contributed by atoms with Crippen LogP contribution in [0.1, 0.15) is 19.4 Å². The summed E-state index contributed by atoms with van der Waals surface area (Å²) in [5, 5.41) is 0. The fourth-order valence-electron chi connectivity index (χ4n) is 0.965. The Hall–Kier alpha value is -1.31. The van der Waals surface area contributed by atoms with E-state index in [2.05, 4.69) is 29.7 Å². The number of rotatable bonds is 2. The molecule has 1 aromatic heterocycles. The molecule has 0 fully saturated rings. The first-order chi connectivity index (χ1) is 5.29. The van der Waals surface area contributed by atoms with Crippen LogP contribution in [0, 0.1) is 0 Å². The van der Waals surface area contributed by atoms with Gasteiger partial charge in [0.05, 0.1) is 0 Å². The molecule has 0 unspecified atom stereocenters. The third-order valence-corrected chi connectivity index (χ3v) is 1.74. The standard InChI is InChI=1S/C9H12N2/c1-4-7(2)8-5-6-11-9(8)10-3/h4-6,11H,3H2,1-2H3/b7-4-.